The molecule has 2 nitrogen and oxygen atoms in total. The molecule has 0 spiro atoms. The molecule has 0 saturated carbocycles. The van der Waals surface area contributed by atoms with E-state index < -0.39 is 0 Å². The lowest BCUT2D eigenvalue weighted by Gasteiger charge is -2.26. The van der Waals surface area contributed by atoms with Crippen LogP contribution >= 0.6 is 12.2 Å². The first-order chi connectivity index (χ1) is 10.5. The first kappa shape index (κ1) is 16.4. The Kier molecular flexibility index (Phi) is 5.50. The number of anilines is 1. The number of aryl methyl sites for hydroxylation is 1. The van der Waals surface area contributed by atoms with E-state index in [1.165, 1.54) is 23.3 Å². The molecule has 0 amide bonds. The van der Waals surface area contributed by atoms with E-state index in [0.29, 0.717) is 16.7 Å². The van der Waals surface area contributed by atoms with Gasteiger partial charge in [-0.2, -0.15) is 0 Å². The van der Waals surface area contributed by atoms with Crippen molar-refractivity contribution in [1.82, 2.24) is 5.32 Å². The molecule has 116 valence electrons. The molecule has 0 unspecified atom stereocenters. The molecule has 2 N–H and O–H groups in total. The molecule has 0 aliphatic rings. The largest absolute Gasteiger partial charge is 0.355 e. The molecule has 1 atom stereocenters. The van der Waals surface area contributed by atoms with Gasteiger partial charge in [0.2, 0.25) is 0 Å². The van der Waals surface area contributed by atoms with Crippen LogP contribution in [0.4, 0.5) is 10.1 Å². The number of hydrogen-bond acceptors (Lipinski definition) is 1. The summed E-state index contributed by atoms with van der Waals surface area (Å²) in [6, 6.07) is 14.6. The zero-order chi connectivity index (χ0) is 16.1. The van der Waals surface area contributed by atoms with Crippen LogP contribution in [-0.4, -0.2) is 5.11 Å². The van der Waals surface area contributed by atoms with Gasteiger partial charge < -0.3 is 10.6 Å². The van der Waals surface area contributed by atoms with Crippen LogP contribution in [-0.2, 0) is 0 Å². The summed E-state index contributed by atoms with van der Waals surface area (Å²) in [7, 11) is 0. The molecule has 0 aliphatic carbocycles. The lowest BCUT2D eigenvalue weighted by atomic mass is 9.93. The van der Waals surface area contributed by atoms with Crippen molar-refractivity contribution in [3.63, 3.8) is 0 Å². The fourth-order valence-electron chi connectivity index (χ4n) is 2.41. The van der Waals surface area contributed by atoms with Gasteiger partial charge in [-0.1, -0.05) is 44.2 Å². The molecule has 2 aromatic rings. The Morgan fingerprint density at radius 1 is 1.09 bits per heavy atom. The molecule has 0 radical (unpaired) electrons. The van der Waals surface area contributed by atoms with Crippen molar-refractivity contribution in [1.29, 1.82) is 0 Å². The fraction of sp³-hybridized carbons (Fsp3) is 0.278. The average molecular weight is 316 g/mol. The fourth-order valence-corrected chi connectivity index (χ4v) is 2.66. The minimum absolute atomic E-state index is 0.106. The maximum Gasteiger partial charge on any atom is 0.171 e. The normalized spacial score (nSPS) is 12.0. The Labute approximate surface area is 136 Å². The molecule has 2 rings (SSSR count). The minimum Gasteiger partial charge on any atom is -0.355 e. The van der Waals surface area contributed by atoms with Gasteiger partial charge in [-0.15, -0.1) is 0 Å². The van der Waals surface area contributed by atoms with Gasteiger partial charge >= 0.3 is 0 Å². The van der Waals surface area contributed by atoms with Gasteiger partial charge in [0.05, 0.1) is 6.04 Å². The number of hydrogen-bond donors (Lipinski definition) is 2. The van der Waals surface area contributed by atoms with E-state index in [1.807, 2.05) is 12.1 Å². The summed E-state index contributed by atoms with van der Waals surface area (Å²) in [6.45, 7) is 6.39. The Morgan fingerprint density at radius 2 is 1.82 bits per heavy atom. The predicted molar refractivity (Wildman–Crippen MR) is 94.5 cm³/mol. The van der Waals surface area contributed by atoms with E-state index in [1.54, 1.807) is 12.1 Å². The van der Waals surface area contributed by atoms with Crippen molar-refractivity contribution in [2.45, 2.75) is 26.8 Å². The van der Waals surface area contributed by atoms with Crippen molar-refractivity contribution >= 4 is 23.0 Å². The Balaban J connectivity index is 2.11. The first-order valence-corrected chi connectivity index (χ1v) is 7.77. The highest BCUT2D eigenvalue weighted by Crippen LogP contribution is 2.24. The summed E-state index contributed by atoms with van der Waals surface area (Å²) in [6.07, 6.45) is 0. The highest BCUT2D eigenvalue weighted by Gasteiger charge is 2.18. The second kappa shape index (κ2) is 7.36. The molecular formula is C18H21FN2S. The monoisotopic (exact) mass is 316 g/mol. The van der Waals surface area contributed by atoms with Crippen molar-refractivity contribution in [3.8, 4) is 0 Å². The van der Waals surface area contributed by atoms with Crippen LogP contribution in [0.1, 0.15) is 31.0 Å². The topological polar surface area (TPSA) is 24.1 Å². The molecule has 0 aromatic heterocycles. The molecule has 0 saturated heterocycles. The number of halogens is 1. The lowest BCUT2D eigenvalue weighted by Crippen LogP contribution is -2.35. The number of rotatable bonds is 4. The molecule has 2 aromatic carbocycles. The Morgan fingerprint density at radius 3 is 2.45 bits per heavy atom. The van der Waals surface area contributed by atoms with Crippen LogP contribution in [0.15, 0.2) is 48.5 Å². The Hall–Kier alpha value is -1.94. The lowest BCUT2D eigenvalue weighted by molar-refractivity contribution is 0.471. The molecule has 4 heteroatoms. The van der Waals surface area contributed by atoms with Gasteiger partial charge in [0.15, 0.2) is 5.11 Å². The van der Waals surface area contributed by atoms with E-state index in [4.69, 9.17) is 12.2 Å². The number of nitrogens with one attached hydrogen (secondary N) is 2. The van der Waals surface area contributed by atoms with Crippen LogP contribution < -0.4 is 10.6 Å². The van der Waals surface area contributed by atoms with Crippen LogP contribution in [0.2, 0.25) is 0 Å². The van der Waals surface area contributed by atoms with Gasteiger partial charge in [-0.3, -0.25) is 0 Å². The second-order valence-corrected chi connectivity index (χ2v) is 6.10. The van der Waals surface area contributed by atoms with E-state index in [0.717, 1.165) is 0 Å². The maximum absolute atomic E-state index is 13.2. The zero-order valence-electron chi connectivity index (χ0n) is 13.1. The summed E-state index contributed by atoms with van der Waals surface area (Å²) in [5.41, 5.74) is 3.09. The SMILES string of the molecule is Cc1ccccc1[C@H](NC(=S)Nc1cccc(F)c1)C(C)C. The average Bonchev–Trinajstić information content (AvgIpc) is 2.45. The number of thiocarbonyl (C=S) groups is 1. The van der Waals surface area contributed by atoms with E-state index in [2.05, 4.69) is 43.5 Å². The van der Waals surface area contributed by atoms with Crippen LogP contribution in [0.25, 0.3) is 0 Å². The standard InChI is InChI=1S/C18H21FN2S/c1-12(2)17(16-10-5-4-7-13(16)3)21-18(22)20-15-9-6-8-14(19)11-15/h4-12,17H,1-3H3,(H2,20,21,22)/t17-/m1/s1. The summed E-state index contributed by atoms with van der Waals surface area (Å²) >= 11 is 5.37. The molecular weight excluding hydrogens is 295 g/mol. The summed E-state index contributed by atoms with van der Waals surface area (Å²) in [4.78, 5) is 0. The summed E-state index contributed by atoms with van der Waals surface area (Å²) < 4.78 is 13.2. The quantitative estimate of drug-likeness (QED) is 0.791. The molecule has 0 heterocycles. The van der Waals surface area contributed by atoms with E-state index in [-0.39, 0.29) is 11.9 Å². The smallest absolute Gasteiger partial charge is 0.171 e. The van der Waals surface area contributed by atoms with Gasteiger partial charge in [0, 0.05) is 5.69 Å². The number of benzene rings is 2. The molecule has 0 aliphatic heterocycles. The van der Waals surface area contributed by atoms with E-state index >= 15 is 0 Å². The van der Waals surface area contributed by atoms with E-state index in [9.17, 15) is 4.39 Å². The van der Waals surface area contributed by atoms with Crippen molar-refractivity contribution in [2.24, 2.45) is 5.92 Å². The van der Waals surface area contributed by atoms with Gasteiger partial charge in [-0.05, 0) is 54.4 Å². The van der Waals surface area contributed by atoms with Crippen molar-refractivity contribution in [3.05, 3.63) is 65.5 Å². The third-order valence-electron chi connectivity index (χ3n) is 3.56. The predicted octanol–water partition coefficient (Wildman–Crippen LogP) is 4.82. The zero-order valence-corrected chi connectivity index (χ0v) is 13.9. The highest BCUT2D eigenvalue weighted by molar-refractivity contribution is 7.80. The van der Waals surface area contributed by atoms with Gasteiger partial charge in [0.25, 0.3) is 0 Å². The van der Waals surface area contributed by atoms with Crippen LogP contribution in [0.3, 0.4) is 0 Å². The van der Waals surface area contributed by atoms with Crippen molar-refractivity contribution < 1.29 is 4.39 Å². The first-order valence-electron chi connectivity index (χ1n) is 7.36. The molecule has 22 heavy (non-hydrogen) atoms. The van der Waals surface area contributed by atoms with Crippen LogP contribution in [0, 0.1) is 18.7 Å². The molecule has 0 bridgehead atoms. The summed E-state index contributed by atoms with van der Waals surface area (Å²) in [5.74, 6) is 0.0838. The third-order valence-corrected chi connectivity index (χ3v) is 3.78. The highest BCUT2D eigenvalue weighted by atomic mass is 32.1. The van der Waals surface area contributed by atoms with Crippen molar-refractivity contribution in [2.75, 3.05) is 5.32 Å². The van der Waals surface area contributed by atoms with Gasteiger partial charge in [0.1, 0.15) is 5.82 Å². The third kappa shape index (κ3) is 4.28. The Bertz CT molecular complexity index is 655. The molecule has 0 fully saturated rings. The second-order valence-electron chi connectivity index (χ2n) is 5.69. The van der Waals surface area contributed by atoms with Gasteiger partial charge in [-0.25, -0.2) is 4.39 Å². The van der Waals surface area contributed by atoms with Crippen LogP contribution in [0.5, 0.6) is 0 Å². The summed E-state index contributed by atoms with van der Waals surface area (Å²) in [5, 5.41) is 6.87. The maximum atomic E-state index is 13.2. The minimum atomic E-state index is -0.285.